The number of aliphatic imine (C=N–C) groups is 1. The lowest BCUT2D eigenvalue weighted by molar-refractivity contribution is -0.129. The van der Waals surface area contributed by atoms with Crippen LogP contribution in [0.25, 0.3) is 11.1 Å². The van der Waals surface area contributed by atoms with Crippen LogP contribution in [0.15, 0.2) is 75.9 Å². The van der Waals surface area contributed by atoms with Crippen LogP contribution in [0.3, 0.4) is 0 Å². The monoisotopic (exact) mass is 879 g/mol. The summed E-state index contributed by atoms with van der Waals surface area (Å²) in [7, 11) is 0. The number of benzene rings is 3. The van der Waals surface area contributed by atoms with Crippen molar-refractivity contribution in [3.05, 3.63) is 88.7 Å². The van der Waals surface area contributed by atoms with Crippen molar-refractivity contribution in [1.82, 2.24) is 15.5 Å². The highest BCUT2D eigenvalue weighted by molar-refractivity contribution is 6.01. The average molecular weight is 880 g/mol. The number of azo groups is 1. The van der Waals surface area contributed by atoms with Gasteiger partial charge in [0.15, 0.2) is 12.5 Å². The number of nitrogens with zero attached hydrogens (tertiary/aromatic N) is 4. The molecule has 64 heavy (non-hydrogen) atoms. The number of hydrogen-bond acceptors (Lipinski definition) is 10. The number of likely N-dealkylation sites (tertiary alicyclic amines) is 1. The smallest absolute Gasteiger partial charge is 0.410 e. The Labute approximate surface area is 375 Å². The molecule has 0 radical (unpaired) electrons. The van der Waals surface area contributed by atoms with Crippen LogP contribution in [0.4, 0.5) is 19.7 Å². The second-order valence-electron chi connectivity index (χ2n) is 19.1. The van der Waals surface area contributed by atoms with Gasteiger partial charge in [-0.1, -0.05) is 24.3 Å². The van der Waals surface area contributed by atoms with Crippen LogP contribution in [0.1, 0.15) is 114 Å². The van der Waals surface area contributed by atoms with Gasteiger partial charge in [0.2, 0.25) is 5.91 Å². The number of Topliss-reactive ketones (excluding diaryl/α,β-unsaturated/α-hetero) is 1. The molecule has 14 nitrogen and oxygen atoms in total. The minimum Gasteiger partial charge on any atom is -0.444 e. The van der Waals surface area contributed by atoms with Gasteiger partial charge in [0.1, 0.15) is 22.8 Å². The van der Waals surface area contributed by atoms with Crippen molar-refractivity contribution < 1.29 is 37.8 Å². The van der Waals surface area contributed by atoms with E-state index in [2.05, 4.69) is 31.2 Å². The number of piperidine rings is 1. The van der Waals surface area contributed by atoms with Gasteiger partial charge in [-0.3, -0.25) is 14.4 Å². The Morgan fingerprint density at radius 2 is 1.47 bits per heavy atom. The molecule has 3 aromatic rings. The fraction of sp³-hybridized carbons (Fsp3) is 0.510. The molecule has 1 saturated heterocycles. The van der Waals surface area contributed by atoms with Crippen molar-refractivity contribution >= 4 is 41.3 Å². The lowest BCUT2D eigenvalue weighted by Gasteiger charge is -2.33. The maximum absolute atomic E-state index is 15.4. The fourth-order valence-corrected chi connectivity index (χ4v) is 8.24. The van der Waals surface area contributed by atoms with Crippen LogP contribution >= 0.6 is 0 Å². The van der Waals surface area contributed by atoms with E-state index in [0.717, 1.165) is 24.0 Å². The molecular formula is C49H62FN7O7. The quantitative estimate of drug-likeness (QED) is 0.153. The molecule has 342 valence electrons. The summed E-state index contributed by atoms with van der Waals surface area (Å²) in [5.41, 5.74) is 2.82. The van der Waals surface area contributed by atoms with Gasteiger partial charge in [-0.2, -0.15) is 5.11 Å². The van der Waals surface area contributed by atoms with Gasteiger partial charge in [-0.15, -0.1) is 5.11 Å². The molecule has 0 aromatic heterocycles. The molecule has 2 heterocycles. The fourth-order valence-electron chi connectivity index (χ4n) is 8.24. The summed E-state index contributed by atoms with van der Waals surface area (Å²) >= 11 is 0. The molecule has 3 N–H and O–H groups in total. The third-order valence-corrected chi connectivity index (χ3v) is 11.7. The van der Waals surface area contributed by atoms with Crippen molar-refractivity contribution in [3.8, 4) is 11.1 Å². The van der Waals surface area contributed by atoms with E-state index < -0.39 is 34.9 Å². The third kappa shape index (κ3) is 13.5. The number of nitrogens with one attached hydrogen (secondary N) is 3. The first-order valence-electron chi connectivity index (χ1n) is 22.3. The number of amides is 4. The Morgan fingerprint density at radius 3 is 2.08 bits per heavy atom. The van der Waals surface area contributed by atoms with Gasteiger partial charge >= 0.3 is 12.2 Å². The van der Waals surface area contributed by atoms with Crippen molar-refractivity contribution in [2.45, 2.75) is 117 Å². The van der Waals surface area contributed by atoms with Gasteiger partial charge in [-0.05, 0) is 158 Å². The Balaban J connectivity index is 1.11. The highest BCUT2D eigenvalue weighted by Gasteiger charge is 2.32. The number of alkyl carbamates (subject to hydrolysis) is 1. The van der Waals surface area contributed by atoms with E-state index >= 15 is 4.39 Å². The first-order valence-corrected chi connectivity index (χ1v) is 22.3. The zero-order valence-electron chi connectivity index (χ0n) is 38.1. The van der Waals surface area contributed by atoms with Crippen LogP contribution in [-0.4, -0.2) is 84.1 Å². The summed E-state index contributed by atoms with van der Waals surface area (Å²) < 4.78 is 26.3. The van der Waals surface area contributed by atoms with E-state index in [4.69, 9.17) is 9.47 Å². The number of halogens is 1. The summed E-state index contributed by atoms with van der Waals surface area (Å²) in [6.45, 7) is 14.2. The molecule has 0 unspecified atom stereocenters. The van der Waals surface area contributed by atoms with Crippen molar-refractivity contribution in [2.24, 2.45) is 33.0 Å². The van der Waals surface area contributed by atoms with Gasteiger partial charge in [0, 0.05) is 60.7 Å². The van der Waals surface area contributed by atoms with E-state index in [9.17, 15) is 24.0 Å². The van der Waals surface area contributed by atoms with E-state index in [0.29, 0.717) is 73.5 Å². The van der Waals surface area contributed by atoms with Crippen molar-refractivity contribution in [3.63, 3.8) is 0 Å². The molecular weight excluding hydrogens is 818 g/mol. The molecule has 1 aliphatic carbocycles. The van der Waals surface area contributed by atoms with Crippen LogP contribution in [0.2, 0.25) is 0 Å². The number of anilines is 1. The summed E-state index contributed by atoms with van der Waals surface area (Å²) in [4.78, 5) is 72.0. The topological polar surface area (TPSA) is 180 Å². The molecule has 15 heteroatoms. The number of hydrogen-bond donors (Lipinski definition) is 3. The largest absolute Gasteiger partial charge is 0.444 e. The highest BCUT2D eigenvalue weighted by atomic mass is 19.1. The van der Waals surface area contributed by atoms with Gasteiger partial charge in [0.25, 0.3) is 5.91 Å². The third-order valence-electron chi connectivity index (χ3n) is 11.7. The predicted octanol–water partition coefficient (Wildman–Crippen LogP) is 9.19. The molecule has 3 aliphatic rings. The van der Waals surface area contributed by atoms with E-state index in [1.54, 1.807) is 30.0 Å². The minimum atomic E-state index is -0.681. The van der Waals surface area contributed by atoms with E-state index in [-0.39, 0.29) is 60.7 Å². The number of ether oxygens (including phenoxy) is 2. The van der Waals surface area contributed by atoms with Gasteiger partial charge in [-0.25, -0.2) is 19.0 Å². The second-order valence-corrected chi connectivity index (χ2v) is 19.1. The Hall–Kier alpha value is -5.99. The lowest BCUT2D eigenvalue weighted by Crippen LogP contribution is -2.47. The van der Waals surface area contributed by atoms with Crippen molar-refractivity contribution in [2.75, 3.05) is 31.6 Å². The highest BCUT2D eigenvalue weighted by Crippen LogP contribution is 2.33. The maximum atomic E-state index is 15.4. The number of rotatable bonds is 13. The molecule has 3 aromatic carbocycles. The molecule has 6 rings (SSSR count). The molecule has 2 aliphatic heterocycles. The molecule has 0 spiro atoms. The molecule has 1 atom stereocenters. The van der Waals surface area contributed by atoms with Crippen LogP contribution < -0.4 is 16.0 Å². The molecule has 4 amide bonds. The zero-order valence-corrected chi connectivity index (χ0v) is 38.1. The average Bonchev–Trinajstić information content (AvgIpc) is 3.79. The maximum Gasteiger partial charge on any atom is 0.410 e. The molecule has 0 bridgehead atoms. The van der Waals surface area contributed by atoms with Crippen molar-refractivity contribution in [1.29, 1.82) is 0 Å². The summed E-state index contributed by atoms with van der Waals surface area (Å²) in [5, 5.41) is 16.8. The molecule has 2 fully saturated rings. The van der Waals surface area contributed by atoms with E-state index in [1.807, 2.05) is 77.9 Å². The zero-order chi connectivity index (χ0) is 46.2. The molecule has 1 saturated carbocycles. The van der Waals surface area contributed by atoms with Gasteiger partial charge in [0.05, 0.1) is 0 Å². The number of carbonyl (C=O) groups excluding carboxylic acids is 5. The number of ketones is 1. The first-order chi connectivity index (χ1) is 30.3. The summed E-state index contributed by atoms with van der Waals surface area (Å²) in [6, 6.07) is 17.3. The van der Waals surface area contributed by atoms with Gasteiger partial charge < -0.3 is 30.3 Å². The predicted molar refractivity (Wildman–Crippen MR) is 243 cm³/mol. The number of amidine groups is 1. The Bertz CT molecular complexity index is 2230. The first kappa shape index (κ1) is 47.5. The normalized spacial score (nSPS) is 18.4. The van der Waals surface area contributed by atoms with E-state index in [1.165, 1.54) is 6.07 Å². The standard InChI is InChI=1S/C49H62FN7O7/c1-30-40(25-37(26-41(30)50)45(60)55-39-20-22-57(23-21-39)47(62)64-49(5,6)7)33-12-8-31(9-13-33)24-36(44(59)54-38-18-16-35(17-19-38)43-52-29-53-56-43)27-42(58)34-14-10-32(11-15-34)28-51-46(61)63-48(2,3)4/h8-9,12-13,16-19,25-26,32,34,36,39H,10-11,14-15,20-24,27-29H2,1-7H3,(H,51,61)(H,54,59)(H,55,60)/t32?,34?,36-/m1/s1. The van der Waals surface area contributed by atoms with Crippen LogP contribution in [0.5, 0.6) is 0 Å². The minimum absolute atomic E-state index is 0.0325. The lowest BCUT2D eigenvalue weighted by atomic mass is 9.77. The Morgan fingerprint density at radius 1 is 0.828 bits per heavy atom. The Kier molecular flexibility index (Phi) is 15.3. The summed E-state index contributed by atoms with van der Waals surface area (Å²) in [6.07, 6.45) is 3.49. The van der Waals surface area contributed by atoms with Crippen LogP contribution in [0, 0.1) is 30.5 Å². The summed E-state index contributed by atoms with van der Waals surface area (Å²) in [5.74, 6) is -1.27. The van der Waals surface area contributed by atoms with Crippen LogP contribution in [-0.2, 0) is 25.5 Å². The second kappa shape index (κ2) is 20.7. The SMILES string of the molecule is Cc1c(F)cc(C(=O)NC2CCN(C(=O)OC(C)(C)C)CC2)cc1-c1ccc(C[C@H](CC(=O)C2CCC(CNC(=O)OC(C)(C)C)CC2)C(=O)Nc2ccc(C3=NCN=N3)cc2)cc1. The number of carbonyl (C=O) groups is 5.